The highest BCUT2D eigenvalue weighted by atomic mass is 16.3. The maximum atomic E-state index is 8.37. The van der Waals surface area contributed by atoms with Crippen molar-refractivity contribution in [1.82, 2.24) is 5.32 Å². The van der Waals surface area contributed by atoms with E-state index in [0.29, 0.717) is 6.04 Å². The largest absolute Gasteiger partial charge is 0.395 e. The number of aliphatic hydroxyl groups is 1. The van der Waals surface area contributed by atoms with Crippen molar-refractivity contribution in [3.8, 4) is 0 Å². The first-order valence-electron chi connectivity index (χ1n) is 3.19. The van der Waals surface area contributed by atoms with Gasteiger partial charge in [-0.15, -0.1) is 0 Å². The van der Waals surface area contributed by atoms with Crippen LogP contribution in [0.2, 0.25) is 0 Å². The van der Waals surface area contributed by atoms with Gasteiger partial charge in [0.05, 0.1) is 6.61 Å². The van der Waals surface area contributed by atoms with Crippen LogP contribution < -0.4 is 5.32 Å². The fourth-order valence-electron chi connectivity index (χ4n) is 0.856. The zero-order valence-electron chi connectivity index (χ0n) is 5.22. The molecular weight excluding hydrogens is 102 g/mol. The Balaban J connectivity index is 1.89. The summed E-state index contributed by atoms with van der Waals surface area (Å²) in [5, 5.41) is 11.6. The van der Waals surface area contributed by atoms with Crippen molar-refractivity contribution in [3.05, 3.63) is 0 Å². The van der Waals surface area contributed by atoms with E-state index in [1.54, 1.807) is 0 Å². The quantitative estimate of drug-likeness (QED) is 0.541. The standard InChI is InChI=1S/C6H13NO/c1-5-4-6(5)7-2-3-8/h5-8H,2-4H2,1H3/t5-,6-/m1/s1. The molecule has 1 aliphatic carbocycles. The zero-order chi connectivity index (χ0) is 5.98. The summed E-state index contributed by atoms with van der Waals surface area (Å²) in [7, 11) is 0. The highest BCUT2D eigenvalue weighted by Crippen LogP contribution is 2.28. The van der Waals surface area contributed by atoms with Crippen LogP contribution in [0.4, 0.5) is 0 Å². The van der Waals surface area contributed by atoms with Gasteiger partial charge in [-0.05, 0) is 12.3 Å². The molecule has 0 spiro atoms. The molecule has 0 aromatic heterocycles. The van der Waals surface area contributed by atoms with Crippen LogP contribution in [0.5, 0.6) is 0 Å². The predicted octanol–water partition coefficient (Wildman–Crippen LogP) is -0.0233. The lowest BCUT2D eigenvalue weighted by atomic mass is 10.5. The van der Waals surface area contributed by atoms with Gasteiger partial charge in [-0.3, -0.25) is 0 Å². The van der Waals surface area contributed by atoms with E-state index >= 15 is 0 Å². The fraction of sp³-hybridized carbons (Fsp3) is 1.00. The first kappa shape index (κ1) is 6.05. The van der Waals surface area contributed by atoms with Crippen molar-refractivity contribution >= 4 is 0 Å². The average Bonchev–Trinajstić information content (AvgIpc) is 2.42. The van der Waals surface area contributed by atoms with Gasteiger partial charge in [0, 0.05) is 12.6 Å². The van der Waals surface area contributed by atoms with Crippen LogP contribution in [-0.2, 0) is 0 Å². The summed E-state index contributed by atoms with van der Waals surface area (Å²) in [6, 6.07) is 0.710. The lowest BCUT2D eigenvalue weighted by Crippen LogP contribution is -2.21. The molecule has 0 radical (unpaired) electrons. The Hall–Kier alpha value is -0.0800. The molecule has 0 bridgehead atoms. The smallest absolute Gasteiger partial charge is 0.0556 e. The maximum absolute atomic E-state index is 8.37. The molecule has 1 rings (SSSR count). The molecule has 1 saturated carbocycles. The third kappa shape index (κ3) is 1.46. The van der Waals surface area contributed by atoms with Crippen LogP contribution >= 0.6 is 0 Å². The Labute approximate surface area is 49.9 Å². The topological polar surface area (TPSA) is 32.3 Å². The normalized spacial score (nSPS) is 35.2. The fourth-order valence-corrected chi connectivity index (χ4v) is 0.856. The first-order chi connectivity index (χ1) is 3.84. The maximum Gasteiger partial charge on any atom is 0.0556 e. The summed E-state index contributed by atoms with van der Waals surface area (Å²) in [4.78, 5) is 0. The van der Waals surface area contributed by atoms with E-state index in [2.05, 4.69) is 12.2 Å². The molecule has 0 saturated heterocycles. The minimum absolute atomic E-state index is 0.267. The molecule has 1 fully saturated rings. The number of rotatable bonds is 3. The molecule has 1 aliphatic rings. The highest BCUT2D eigenvalue weighted by molar-refractivity contribution is 4.89. The summed E-state index contributed by atoms with van der Waals surface area (Å²) in [6.45, 7) is 3.24. The van der Waals surface area contributed by atoms with Crippen LogP contribution in [0, 0.1) is 5.92 Å². The van der Waals surface area contributed by atoms with Crippen molar-refractivity contribution in [2.45, 2.75) is 19.4 Å². The lowest BCUT2D eigenvalue weighted by molar-refractivity contribution is 0.291. The Kier molecular flexibility index (Phi) is 1.86. The lowest BCUT2D eigenvalue weighted by Gasteiger charge is -1.96. The Morgan fingerprint density at radius 2 is 2.38 bits per heavy atom. The molecule has 8 heavy (non-hydrogen) atoms. The monoisotopic (exact) mass is 115 g/mol. The van der Waals surface area contributed by atoms with Crippen molar-refractivity contribution in [3.63, 3.8) is 0 Å². The van der Waals surface area contributed by atoms with Crippen LogP contribution in [-0.4, -0.2) is 24.3 Å². The summed E-state index contributed by atoms with van der Waals surface area (Å²) in [6.07, 6.45) is 1.29. The molecule has 0 unspecified atom stereocenters. The second kappa shape index (κ2) is 2.46. The third-order valence-corrected chi connectivity index (χ3v) is 1.63. The van der Waals surface area contributed by atoms with Gasteiger partial charge in [-0.2, -0.15) is 0 Å². The molecule has 0 aliphatic heterocycles. The van der Waals surface area contributed by atoms with Crippen LogP contribution in [0.1, 0.15) is 13.3 Å². The van der Waals surface area contributed by atoms with Gasteiger partial charge >= 0.3 is 0 Å². The third-order valence-electron chi connectivity index (χ3n) is 1.63. The van der Waals surface area contributed by atoms with Gasteiger partial charge in [0.25, 0.3) is 0 Å². The van der Waals surface area contributed by atoms with Gasteiger partial charge in [0.15, 0.2) is 0 Å². The van der Waals surface area contributed by atoms with E-state index in [4.69, 9.17) is 5.11 Å². The average molecular weight is 115 g/mol. The summed E-state index contributed by atoms with van der Waals surface area (Å²) in [5.41, 5.74) is 0. The molecule has 2 heteroatoms. The van der Waals surface area contributed by atoms with E-state index in [-0.39, 0.29) is 6.61 Å². The minimum Gasteiger partial charge on any atom is -0.395 e. The zero-order valence-corrected chi connectivity index (χ0v) is 5.22. The molecule has 48 valence electrons. The summed E-state index contributed by atoms with van der Waals surface area (Å²) < 4.78 is 0. The summed E-state index contributed by atoms with van der Waals surface area (Å²) in [5.74, 6) is 0.849. The molecule has 0 aromatic rings. The van der Waals surface area contributed by atoms with E-state index < -0.39 is 0 Å². The summed E-state index contributed by atoms with van der Waals surface area (Å²) >= 11 is 0. The van der Waals surface area contributed by atoms with Crippen molar-refractivity contribution in [2.24, 2.45) is 5.92 Å². The van der Waals surface area contributed by atoms with Gasteiger partial charge < -0.3 is 10.4 Å². The van der Waals surface area contributed by atoms with Crippen LogP contribution in [0.25, 0.3) is 0 Å². The van der Waals surface area contributed by atoms with Crippen molar-refractivity contribution in [1.29, 1.82) is 0 Å². The Morgan fingerprint density at radius 3 is 2.75 bits per heavy atom. The van der Waals surface area contributed by atoms with E-state index in [1.807, 2.05) is 0 Å². The van der Waals surface area contributed by atoms with E-state index in [9.17, 15) is 0 Å². The number of hydrogen-bond acceptors (Lipinski definition) is 2. The first-order valence-corrected chi connectivity index (χ1v) is 3.19. The molecular formula is C6H13NO. The van der Waals surface area contributed by atoms with Gasteiger partial charge in [-0.25, -0.2) is 0 Å². The van der Waals surface area contributed by atoms with Crippen LogP contribution in [0.15, 0.2) is 0 Å². The van der Waals surface area contributed by atoms with E-state index in [1.165, 1.54) is 6.42 Å². The Bertz CT molecular complexity index is 74.9. The van der Waals surface area contributed by atoms with Crippen molar-refractivity contribution in [2.75, 3.05) is 13.2 Å². The minimum atomic E-state index is 0.267. The second-order valence-corrected chi connectivity index (χ2v) is 2.50. The molecule has 2 nitrogen and oxygen atoms in total. The molecule has 0 amide bonds. The number of hydrogen-bond donors (Lipinski definition) is 2. The number of nitrogens with one attached hydrogen (secondary N) is 1. The Morgan fingerprint density at radius 1 is 1.75 bits per heavy atom. The SMILES string of the molecule is C[C@@H]1C[C@H]1NCCO. The molecule has 2 N–H and O–H groups in total. The molecule has 2 atom stereocenters. The van der Waals surface area contributed by atoms with Gasteiger partial charge in [0.2, 0.25) is 0 Å². The highest BCUT2D eigenvalue weighted by Gasteiger charge is 2.31. The van der Waals surface area contributed by atoms with Crippen molar-refractivity contribution < 1.29 is 5.11 Å². The van der Waals surface area contributed by atoms with Gasteiger partial charge in [-0.1, -0.05) is 6.92 Å². The van der Waals surface area contributed by atoms with E-state index in [0.717, 1.165) is 12.5 Å². The van der Waals surface area contributed by atoms with Gasteiger partial charge in [0.1, 0.15) is 0 Å². The molecule has 0 aromatic carbocycles. The van der Waals surface area contributed by atoms with Crippen LogP contribution in [0.3, 0.4) is 0 Å². The number of aliphatic hydroxyl groups excluding tert-OH is 1. The second-order valence-electron chi connectivity index (χ2n) is 2.50. The molecule has 0 heterocycles. The predicted molar refractivity (Wildman–Crippen MR) is 32.7 cm³/mol.